The molecule has 1 aliphatic rings. The molecule has 0 unspecified atom stereocenters. The van der Waals surface area contributed by atoms with E-state index < -0.39 is 0 Å². The van der Waals surface area contributed by atoms with E-state index in [9.17, 15) is 9.59 Å². The standard InChI is InChI=1S/C20H23BrN4O2/c21-17-6-4-16(5-7-17)20(27)22-10-9-19(26)24-14-15-3-8-18(23-13-15)25-11-1-2-12-25/h3-8,13H,1-2,9-12,14H2,(H,22,27)(H,24,26). The number of halogens is 1. The molecule has 0 aliphatic carbocycles. The molecule has 3 rings (SSSR count). The molecule has 1 aromatic carbocycles. The van der Waals surface area contributed by atoms with E-state index in [0.717, 1.165) is 28.9 Å². The Morgan fingerprint density at radius 2 is 1.78 bits per heavy atom. The molecule has 0 bridgehead atoms. The summed E-state index contributed by atoms with van der Waals surface area (Å²) in [7, 11) is 0. The van der Waals surface area contributed by atoms with E-state index in [-0.39, 0.29) is 18.2 Å². The van der Waals surface area contributed by atoms with E-state index in [1.807, 2.05) is 30.5 Å². The molecule has 2 amide bonds. The van der Waals surface area contributed by atoms with Gasteiger partial charge in [0.15, 0.2) is 0 Å². The molecule has 1 aliphatic heterocycles. The van der Waals surface area contributed by atoms with Crippen LogP contribution in [0.4, 0.5) is 5.82 Å². The van der Waals surface area contributed by atoms with Crippen molar-refractivity contribution in [2.24, 2.45) is 0 Å². The van der Waals surface area contributed by atoms with Crippen LogP contribution in [0.3, 0.4) is 0 Å². The van der Waals surface area contributed by atoms with Crippen molar-refractivity contribution in [3.63, 3.8) is 0 Å². The van der Waals surface area contributed by atoms with Crippen LogP contribution in [0, 0.1) is 0 Å². The van der Waals surface area contributed by atoms with Gasteiger partial charge in [0.2, 0.25) is 5.91 Å². The normalized spacial score (nSPS) is 13.4. The van der Waals surface area contributed by atoms with Crippen LogP contribution in [-0.2, 0) is 11.3 Å². The van der Waals surface area contributed by atoms with Crippen LogP contribution in [-0.4, -0.2) is 36.4 Å². The lowest BCUT2D eigenvalue weighted by atomic mass is 10.2. The minimum atomic E-state index is -0.183. The van der Waals surface area contributed by atoms with Crippen molar-refractivity contribution in [3.05, 3.63) is 58.2 Å². The van der Waals surface area contributed by atoms with Gasteiger partial charge in [0, 0.05) is 48.8 Å². The maximum Gasteiger partial charge on any atom is 0.251 e. The van der Waals surface area contributed by atoms with Gasteiger partial charge in [-0.25, -0.2) is 4.98 Å². The number of carbonyl (C=O) groups is 2. The van der Waals surface area contributed by atoms with Gasteiger partial charge in [-0.2, -0.15) is 0 Å². The second kappa shape index (κ2) is 9.50. The Balaban J connectivity index is 1.36. The van der Waals surface area contributed by atoms with Crippen LogP contribution < -0.4 is 15.5 Å². The summed E-state index contributed by atoms with van der Waals surface area (Å²) < 4.78 is 0.918. The van der Waals surface area contributed by atoms with Crippen LogP contribution in [0.15, 0.2) is 47.1 Å². The van der Waals surface area contributed by atoms with Gasteiger partial charge >= 0.3 is 0 Å². The first-order chi connectivity index (χ1) is 13.1. The van der Waals surface area contributed by atoms with Gasteiger partial charge in [-0.3, -0.25) is 9.59 Å². The first-order valence-corrected chi connectivity index (χ1v) is 9.91. The number of pyridine rings is 1. The van der Waals surface area contributed by atoms with Crippen molar-refractivity contribution < 1.29 is 9.59 Å². The van der Waals surface area contributed by atoms with Crippen LogP contribution in [0.2, 0.25) is 0 Å². The monoisotopic (exact) mass is 430 g/mol. The van der Waals surface area contributed by atoms with E-state index in [1.165, 1.54) is 12.8 Å². The van der Waals surface area contributed by atoms with E-state index in [0.29, 0.717) is 18.7 Å². The molecule has 1 saturated heterocycles. The number of aromatic nitrogens is 1. The molecule has 1 aromatic heterocycles. The number of nitrogens with zero attached hydrogens (tertiary/aromatic N) is 2. The highest BCUT2D eigenvalue weighted by molar-refractivity contribution is 9.10. The van der Waals surface area contributed by atoms with Gasteiger partial charge in [-0.15, -0.1) is 0 Å². The Bertz CT molecular complexity index is 772. The number of rotatable bonds is 7. The summed E-state index contributed by atoms with van der Waals surface area (Å²) in [4.78, 5) is 30.7. The van der Waals surface area contributed by atoms with Crippen molar-refractivity contribution in [2.45, 2.75) is 25.8 Å². The average Bonchev–Trinajstić information content (AvgIpc) is 3.22. The number of carbonyl (C=O) groups excluding carboxylic acids is 2. The van der Waals surface area contributed by atoms with Gasteiger partial charge in [-0.05, 0) is 48.7 Å². The second-order valence-corrected chi connectivity index (χ2v) is 7.42. The molecule has 0 atom stereocenters. The van der Waals surface area contributed by atoms with Crippen molar-refractivity contribution in [3.8, 4) is 0 Å². The Hall–Kier alpha value is -2.41. The smallest absolute Gasteiger partial charge is 0.251 e. The van der Waals surface area contributed by atoms with Crippen molar-refractivity contribution in [2.75, 3.05) is 24.5 Å². The lowest BCUT2D eigenvalue weighted by Crippen LogP contribution is -2.30. The maximum atomic E-state index is 12.0. The first-order valence-electron chi connectivity index (χ1n) is 9.12. The van der Waals surface area contributed by atoms with E-state index >= 15 is 0 Å². The SMILES string of the molecule is O=C(CCNC(=O)c1ccc(Br)cc1)NCc1ccc(N2CCCC2)nc1. The molecule has 7 heteroatoms. The number of benzene rings is 1. The zero-order chi connectivity index (χ0) is 19.1. The van der Waals surface area contributed by atoms with Gasteiger partial charge < -0.3 is 15.5 Å². The van der Waals surface area contributed by atoms with Gasteiger partial charge in [0.25, 0.3) is 5.91 Å². The summed E-state index contributed by atoms with van der Waals surface area (Å²) >= 11 is 3.33. The van der Waals surface area contributed by atoms with Gasteiger partial charge in [0.05, 0.1) is 0 Å². The fourth-order valence-corrected chi connectivity index (χ4v) is 3.20. The molecule has 142 valence electrons. The molecule has 0 spiro atoms. The topological polar surface area (TPSA) is 74.3 Å². The van der Waals surface area contributed by atoms with Crippen molar-refractivity contribution in [1.29, 1.82) is 0 Å². The van der Waals surface area contributed by atoms with Crippen LogP contribution in [0.25, 0.3) is 0 Å². The molecule has 2 heterocycles. The Morgan fingerprint density at radius 3 is 2.44 bits per heavy atom. The maximum absolute atomic E-state index is 12.0. The summed E-state index contributed by atoms with van der Waals surface area (Å²) in [6, 6.07) is 11.1. The average molecular weight is 431 g/mol. The van der Waals surface area contributed by atoms with Gasteiger partial charge in [0.1, 0.15) is 5.82 Å². The minimum absolute atomic E-state index is 0.102. The van der Waals surface area contributed by atoms with Crippen molar-refractivity contribution >= 4 is 33.6 Å². The van der Waals surface area contributed by atoms with E-state index in [4.69, 9.17) is 0 Å². The molecular formula is C20H23BrN4O2. The second-order valence-electron chi connectivity index (χ2n) is 6.51. The molecule has 0 radical (unpaired) electrons. The molecule has 6 nitrogen and oxygen atoms in total. The van der Waals surface area contributed by atoms with Crippen molar-refractivity contribution in [1.82, 2.24) is 15.6 Å². The Morgan fingerprint density at radius 1 is 1.04 bits per heavy atom. The summed E-state index contributed by atoms with van der Waals surface area (Å²) in [6.07, 6.45) is 4.49. The molecule has 2 N–H and O–H groups in total. The molecule has 2 aromatic rings. The predicted molar refractivity (Wildman–Crippen MR) is 109 cm³/mol. The van der Waals surface area contributed by atoms with Crippen LogP contribution in [0.5, 0.6) is 0 Å². The molecule has 27 heavy (non-hydrogen) atoms. The number of nitrogens with one attached hydrogen (secondary N) is 2. The van der Waals surface area contributed by atoms with E-state index in [1.54, 1.807) is 12.1 Å². The quantitative estimate of drug-likeness (QED) is 0.707. The molecular weight excluding hydrogens is 408 g/mol. The zero-order valence-corrected chi connectivity index (χ0v) is 16.7. The highest BCUT2D eigenvalue weighted by atomic mass is 79.9. The molecule has 0 saturated carbocycles. The largest absolute Gasteiger partial charge is 0.357 e. The van der Waals surface area contributed by atoms with Crippen LogP contribution in [0.1, 0.15) is 35.2 Å². The third kappa shape index (κ3) is 5.79. The highest BCUT2D eigenvalue weighted by Crippen LogP contribution is 2.17. The Kier molecular flexibility index (Phi) is 6.81. The first kappa shape index (κ1) is 19.4. The number of hydrogen-bond donors (Lipinski definition) is 2. The minimum Gasteiger partial charge on any atom is -0.357 e. The summed E-state index contributed by atoms with van der Waals surface area (Å²) in [6.45, 7) is 2.86. The zero-order valence-electron chi connectivity index (χ0n) is 15.1. The summed E-state index contributed by atoms with van der Waals surface area (Å²) in [5.41, 5.74) is 1.54. The Labute approximate surface area is 167 Å². The highest BCUT2D eigenvalue weighted by Gasteiger charge is 2.13. The number of hydrogen-bond acceptors (Lipinski definition) is 4. The van der Waals surface area contributed by atoms with Crippen LogP contribution >= 0.6 is 15.9 Å². The fourth-order valence-electron chi connectivity index (χ4n) is 2.94. The van der Waals surface area contributed by atoms with Gasteiger partial charge in [-0.1, -0.05) is 22.0 Å². The third-order valence-corrected chi connectivity index (χ3v) is 5.00. The number of amides is 2. The predicted octanol–water partition coefficient (Wildman–Crippen LogP) is 2.88. The molecule has 1 fully saturated rings. The third-order valence-electron chi connectivity index (χ3n) is 4.47. The lowest BCUT2D eigenvalue weighted by Gasteiger charge is -2.16. The summed E-state index contributed by atoms with van der Waals surface area (Å²) in [5, 5.41) is 5.61. The summed E-state index contributed by atoms with van der Waals surface area (Å²) in [5.74, 6) is 0.713. The fraction of sp³-hybridized carbons (Fsp3) is 0.350. The van der Waals surface area contributed by atoms with E-state index in [2.05, 4.69) is 36.4 Å². The lowest BCUT2D eigenvalue weighted by molar-refractivity contribution is -0.121. The number of anilines is 1.